The largest absolute Gasteiger partial charge is 0.396 e. The van der Waals surface area contributed by atoms with Crippen LogP contribution in [0.2, 0.25) is 0 Å². The molecular formula is C14H17F2NO2. The van der Waals surface area contributed by atoms with Crippen molar-refractivity contribution in [2.75, 3.05) is 13.2 Å². The van der Waals surface area contributed by atoms with Gasteiger partial charge in [0.15, 0.2) is 11.6 Å². The van der Waals surface area contributed by atoms with Crippen LogP contribution in [0.5, 0.6) is 0 Å². The van der Waals surface area contributed by atoms with Gasteiger partial charge in [-0.05, 0) is 42.9 Å². The molecule has 1 aliphatic rings. The minimum atomic E-state index is -1.03. The van der Waals surface area contributed by atoms with Gasteiger partial charge in [0, 0.05) is 18.7 Å². The quantitative estimate of drug-likeness (QED) is 0.879. The van der Waals surface area contributed by atoms with E-state index in [1.165, 1.54) is 6.07 Å². The molecule has 0 aromatic heterocycles. The molecule has 2 unspecified atom stereocenters. The fraction of sp³-hybridized carbons (Fsp3) is 0.500. The van der Waals surface area contributed by atoms with Crippen LogP contribution in [0.1, 0.15) is 29.6 Å². The van der Waals surface area contributed by atoms with E-state index in [0.29, 0.717) is 6.54 Å². The lowest BCUT2D eigenvalue weighted by Crippen LogP contribution is -2.31. The topological polar surface area (TPSA) is 49.3 Å². The van der Waals surface area contributed by atoms with Crippen LogP contribution in [-0.2, 0) is 0 Å². The molecule has 104 valence electrons. The van der Waals surface area contributed by atoms with E-state index in [2.05, 4.69) is 5.32 Å². The van der Waals surface area contributed by atoms with Crippen LogP contribution in [0, 0.1) is 23.5 Å². The summed E-state index contributed by atoms with van der Waals surface area (Å²) >= 11 is 0. The predicted octanol–water partition coefficient (Wildman–Crippen LogP) is 2.10. The molecule has 3 nitrogen and oxygen atoms in total. The number of hydrogen-bond acceptors (Lipinski definition) is 2. The van der Waals surface area contributed by atoms with Crippen molar-refractivity contribution in [3.05, 3.63) is 35.4 Å². The molecule has 2 rings (SSSR count). The number of aliphatic hydroxyl groups is 1. The van der Waals surface area contributed by atoms with Crippen molar-refractivity contribution in [3.63, 3.8) is 0 Å². The Morgan fingerprint density at radius 3 is 2.68 bits per heavy atom. The predicted molar refractivity (Wildman–Crippen MR) is 66.6 cm³/mol. The van der Waals surface area contributed by atoms with Gasteiger partial charge in [0.05, 0.1) is 0 Å². The Kier molecular flexibility index (Phi) is 4.47. The van der Waals surface area contributed by atoms with Crippen molar-refractivity contribution in [1.29, 1.82) is 0 Å². The first-order valence-electron chi connectivity index (χ1n) is 6.46. The normalized spacial score (nSPS) is 22.5. The molecule has 2 N–H and O–H groups in total. The Balaban J connectivity index is 1.92. The number of hydrogen-bond donors (Lipinski definition) is 2. The fourth-order valence-electron chi connectivity index (χ4n) is 2.59. The average Bonchev–Trinajstić information content (AvgIpc) is 2.86. The molecule has 0 bridgehead atoms. The highest BCUT2D eigenvalue weighted by molar-refractivity contribution is 5.94. The minimum Gasteiger partial charge on any atom is -0.396 e. The molecule has 1 aromatic carbocycles. The van der Waals surface area contributed by atoms with E-state index in [0.717, 1.165) is 31.4 Å². The summed E-state index contributed by atoms with van der Waals surface area (Å²) in [5, 5.41) is 11.9. The van der Waals surface area contributed by atoms with Crippen LogP contribution in [0.15, 0.2) is 18.2 Å². The van der Waals surface area contributed by atoms with E-state index >= 15 is 0 Å². The molecule has 1 aromatic rings. The second-order valence-corrected chi connectivity index (χ2v) is 4.97. The molecule has 0 spiro atoms. The van der Waals surface area contributed by atoms with E-state index in [1.807, 2.05) is 0 Å². The van der Waals surface area contributed by atoms with Crippen LogP contribution in [0.25, 0.3) is 0 Å². The van der Waals surface area contributed by atoms with Gasteiger partial charge in [0.25, 0.3) is 5.91 Å². The molecule has 0 radical (unpaired) electrons. The molecule has 5 heteroatoms. The maximum absolute atomic E-state index is 13.0. The van der Waals surface area contributed by atoms with Gasteiger partial charge in [0.2, 0.25) is 0 Å². The first-order valence-corrected chi connectivity index (χ1v) is 6.46. The Bertz CT molecular complexity index is 465. The molecular weight excluding hydrogens is 252 g/mol. The van der Waals surface area contributed by atoms with Crippen molar-refractivity contribution in [2.45, 2.75) is 19.3 Å². The summed E-state index contributed by atoms with van der Waals surface area (Å²) < 4.78 is 25.8. The molecule has 1 aliphatic carbocycles. The number of amides is 1. The van der Waals surface area contributed by atoms with Gasteiger partial charge in [-0.3, -0.25) is 4.79 Å². The molecule has 1 saturated carbocycles. The molecule has 1 fully saturated rings. The van der Waals surface area contributed by atoms with Gasteiger partial charge < -0.3 is 10.4 Å². The maximum atomic E-state index is 13.0. The molecule has 1 amide bonds. The molecule has 0 saturated heterocycles. The van der Waals surface area contributed by atoms with Crippen LogP contribution in [-0.4, -0.2) is 24.2 Å². The number of rotatable bonds is 4. The standard InChI is InChI=1S/C14H17F2NO2/c15-12-5-4-9(6-13(12)16)14(19)17-7-10-2-1-3-11(10)8-18/h4-6,10-11,18H,1-3,7-8H2,(H,17,19). The summed E-state index contributed by atoms with van der Waals surface area (Å²) in [6, 6.07) is 3.09. The number of benzene rings is 1. The van der Waals surface area contributed by atoms with Crippen molar-refractivity contribution in [1.82, 2.24) is 5.32 Å². The number of nitrogens with one attached hydrogen (secondary N) is 1. The van der Waals surface area contributed by atoms with Crippen molar-refractivity contribution in [2.24, 2.45) is 11.8 Å². The number of carbonyl (C=O) groups excluding carboxylic acids is 1. The van der Waals surface area contributed by atoms with Crippen molar-refractivity contribution < 1.29 is 18.7 Å². The van der Waals surface area contributed by atoms with Crippen LogP contribution in [0.3, 0.4) is 0 Å². The lowest BCUT2D eigenvalue weighted by atomic mass is 9.97. The highest BCUT2D eigenvalue weighted by atomic mass is 19.2. The van der Waals surface area contributed by atoms with Gasteiger partial charge in [-0.2, -0.15) is 0 Å². The number of halogens is 2. The summed E-state index contributed by atoms with van der Waals surface area (Å²) in [5.74, 6) is -1.92. The highest BCUT2D eigenvalue weighted by Gasteiger charge is 2.26. The Morgan fingerprint density at radius 2 is 2.00 bits per heavy atom. The fourth-order valence-corrected chi connectivity index (χ4v) is 2.59. The van der Waals surface area contributed by atoms with Gasteiger partial charge >= 0.3 is 0 Å². The average molecular weight is 269 g/mol. The molecule has 0 heterocycles. The van der Waals surface area contributed by atoms with Crippen molar-refractivity contribution in [3.8, 4) is 0 Å². The lowest BCUT2D eigenvalue weighted by molar-refractivity contribution is 0.0937. The van der Waals surface area contributed by atoms with Gasteiger partial charge in [-0.1, -0.05) is 6.42 Å². The monoisotopic (exact) mass is 269 g/mol. The minimum absolute atomic E-state index is 0.109. The van der Waals surface area contributed by atoms with E-state index in [9.17, 15) is 18.7 Å². The van der Waals surface area contributed by atoms with Gasteiger partial charge in [0.1, 0.15) is 0 Å². The van der Waals surface area contributed by atoms with E-state index in [-0.39, 0.29) is 24.0 Å². The summed E-state index contributed by atoms with van der Waals surface area (Å²) in [5.41, 5.74) is 0.109. The Morgan fingerprint density at radius 1 is 1.26 bits per heavy atom. The molecule has 19 heavy (non-hydrogen) atoms. The number of aliphatic hydroxyl groups excluding tert-OH is 1. The first-order chi connectivity index (χ1) is 9.11. The Hall–Kier alpha value is -1.49. The number of carbonyl (C=O) groups is 1. The maximum Gasteiger partial charge on any atom is 0.251 e. The van der Waals surface area contributed by atoms with Gasteiger partial charge in [-0.25, -0.2) is 8.78 Å². The second-order valence-electron chi connectivity index (χ2n) is 4.97. The zero-order valence-corrected chi connectivity index (χ0v) is 10.5. The van der Waals surface area contributed by atoms with E-state index in [4.69, 9.17) is 0 Å². The van der Waals surface area contributed by atoms with Crippen LogP contribution < -0.4 is 5.32 Å². The summed E-state index contributed by atoms with van der Waals surface area (Å²) in [6.07, 6.45) is 3.00. The molecule has 0 aliphatic heterocycles. The summed E-state index contributed by atoms with van der Waals surface area (Å²) in [4.78, 5) is 11.8. The third-order valence-corrected chi connectivity index (χ3v) is 3.76. The van der Waals surface area contributed by atoms with Crippen molar-refractivity contribution >= 4 is 5.91 Å². The van der Waals surface area contributed by atoms with Gasteiger partial charge in [-0.15, -0.1) is 0 Å². The SMILES string of the molecule is O=C(NCC1CCCC1CO)c1ccc(F)c(F)c1. The highest BCUT2D eigenvalue weighted by Crippen LogP contribution is 2.30. The Labute approximate surface area is 110 Å². The van der Waals surface area contributed by atoms with E-state index in [1.54, 1.807) is 0 Å². The first kappa shape index (κ1) is 13.9. The smallest absolute Gasteiger partial charge is 0.251 e. The molecule has 2 atom stereocenters. The second kappa shape index (κ2) is 6.10. The van der Waals surface area contributed by atoms with Crippen LogP contribution in [0.4, 0.5) is 8.78 Å². The third-order valence-electron chi connectivity index (χ3n) is 3.76. The summed E-state index contributed by atoms with van der Waals surface area (Å²) in [6.45, 7) is 0.592. The third kappa shape index (κ3) is 3.29. The zero-order chi connectivity index (χ0) is 13.8. The summed E-state index contributed by atoms with van der Waals surface area (Å²) in [7, 11) is 0. The zero-order valence-electron chi connectivity index (χ0n) is 10.5. The van der Waals surface area contributed by atoms with E-state index < -0.39 is 17.5 Å². The van der Waals surface area contributed by atoms with Crippen LogP contribution >= 0.6 is 0 Å². The lowest BCUT2D eigenvalue weighted by Gasteiger charge is -2.17.